The molecule has 2 aromatic heterocycles. The topological polar surface area (TPSA) is 51.8 Å². The van der Waals surface area contributed by atoms with Crippen molar-refractivity contribution in [3.8, 4) is 34.2 Å². The van der Waals surface area contributed by atoms with Gasteiger partial charge in [0.1, 0.15) is 5.58 Å². The lowest BCUT2D eigenvalue weighted by atomic mass is 9.96. The van der Waals surface area contributed by atoms with Crippen molar-refractivity contribution >= 4 is 55.1 Å². The molecular formula is C35H20ClN3O. The zero-order chi connectivity index (χ0) is 33.6. The van der Waals surface area contributed by atoms with Gasteiger partial charge in [0.05, 0.1) is 16.0 Å². The van der Waals surface area contributed by atoms with Gasteiger partial charge < -0.3 is 4.42 Å². The normalized spacial score (nSPS) is 14.4. The molecular weight excluding hydrogens is 514 g/mol. The fraction of sp³-hybridized carbons (Fsp3) is 0. The molecule has 0 aliphatic carbocycles. The van der Waals surface area contributed by atoms with Gasteiger partial charge in [-0.3, -0.25) is 0 Å². The van der Waals surface area contributed by atoms with Gasteiger partial charge in [0.2, 0.25) is 0 Å². The number of rotatable bonds is 3. The Morgan fingerprint density at radius 2 is 1.32 bits per heavy atom. The Kier molecular flexibility index (Phi) is 3.63. The summed E-state index contributed by atoms with van der Waals surface area (Å²) in [5, 5.41) is 4.42. The predicted octanol–water partition coefficient (Wildman–Crippen LogP) is 9.73. The molecule has 6 aromatic carbocycles. The summed E-state index contributed by atoms with van der Waals surface area (Å²) >= 11 is 6.57. The molecule has 40 heavy (non-hydrogen) atoms. The Hall–Kier alpha value is -5.06. The third kappa shape index (κ3) is 3.58. The van der Waals surface area contributed by atoms with Crippen LogP contribution in [0.1, 0.15) is 11.0 Å². The third-order valence-electron chi connectivity index (χ3n) is 6.86. The summed E-state index contributed by atoms with van der Waals surface area (Å²) < 4.78 is 74.0. The Morgan fingerprint density at radius 3 is 2.17 bits per heavy atom. The molecule has 0 atom stereocenters. The highest BCUT2D eigenvalue weighted by Gasteiger charge is 2.20. The highest BCUT2D eigenvalue weighted by atomic mass is 35.5. The van der Waals surface area contributed by atoms with E-state index in [-0.39, 0.29) is 62.9 Å². The summed E-state index contributed by atoms with van der Waals surface area (Å²) in [4.78, 5) is 14.3. The Labute approximate surface area is 245 Å². The van der Waals surface area contributed by atoms with Crippen molar-refractivity contribution in [2.24, 2.45) is 0 Å². The summed E-state index contributed by atoms with van der Waals surface area (Å²) in [5.41, 5.74) is 0.846. The second-order valence-corrected chi connectivity index (χ2v) is 9.56. The molecule has 0 amide bonds. The van der Waals surface area contributed by atoms with E-state index < -0.39 is 30.2 Å². The first-order valence-corrected chi connectivity index (χ1v) is 12.8. The first-order chi connectivity index (χ1) is 23.0. The van der Waals surface area contributed by atoms with Crippen LogP contribution in [-0.2, 0) is 0 Å². The number of para-hydroxylation sites is 1. The van der Waals surface area contributed by atoms with Crippen LogP contribution in [0.4, 0.5) is 0 Å². The second kappa shape index (κ2) is 9.01. The minimum atomic E-state index is -0.557. The Balaban J connectivity index is 1.54. The van der Waals surface area contributed by atoms with Crippen LogP contribution in [0.15, 0.2) is 126 Å². The maximum Gasteiger partial charge on any atom is 0.164 e. The minimum Gasteiger partial charge on any atom is -0.454 e. The molecule has 0 N–H and O–H groups in total. The van der Waals surface area contributed by atoms with Gasteiger partial charge in [0, 0.05) is 27.5 Å². The summed E-state index contributed by atoms with van der Waals surface area (Å²) in [6.07, 6.45) is 0. The standard InChI is InChI=1S/C35H20ClN3O/c36-29-19-18-27(31-26-16-8-9-17-30(26)40-32(29)31)34-37-33(21-10-2-1-3-11-21)38-35(39-34)28-20-22-12-4-5-13-23(22)24-14-6-7-15-25(24)28/h1-20H/i1D,2D,3D,8D,10D,11D,17D,18D. The molecule has 0 fully saturated rings. The van der Waals surface area contributed by atoms with Crippen LogP contribution in [0, 0.1) is 0 Å². The maximum absolute atomic E-state index is 9.04. The van der Waals surface area contributed by atoms with E-state index in [1.54, 1.807) is 0 Å². The highest BCUT2D eigenvalue weighted by molar-refractivity contribution is 6.36. The third-order valence-corrected chi connectivity index (χ3v) is 7.14. The number of benzene rings is 6. The van der Waals surface area contributed by atoms with Crippen LogP contribution >= 0.6 is 11.6 Å². The number of hydrogen-bond acceptors (Lipinski definition) is 4. The van der Waals surface area contributed by atoms with Crippen molar-refractivity contribution in [3.05, 3.63) is 126 Å². The van der Waals surface area contributed by atoms with Gasteiger partial charge in [0.15, 0.2) is 23.1 Å². The molecule has 0 saturated heterocycles. The van der Waals surface area contributed by atoms with Gasteiger partial charge >= 0.3 is 0 Å². The molecule has 2 heterocycles. The van der Waals surface area contributed by atoms with Crippen LogP contribution in [0.2, 0.25) is 5.02 Å². The van der Waals surface area contributed by atoms with Gasteiger partial charge in [0.25, 0.3) is 0 Å². The van der Waals surface area contributed by atoms with E-state index >= 15 is 0 Å². The van der Waals surface area contributed by atoms with Crippen LogP contribution in [0.25, 0.3) is 77.6 Å². The number of fused-ring (bicyclic) bond motifs is 6. The molecule has 4 nitrogen and oxygen atoms in total. The lowest BCUT2D eigenvalue weighted by Gasteiger charge is -2.13. The average molecular weight is 542 g/mol. The summed E-state index contributed by atoms with van der Waals surface area (Å²) in [5.74, 6) is -0.0985. The molecule has 0 spiro atoms. The quantitative estimate of drug-likeness (QED) is 0.209. The van der Waals surface area contributed by atoms with Crippen LogP contribution in [0.3, 0.4) is 0 Å². The molecule has 188 valence electrons. The van der Waals surface area contributed by atoms with Crippen molar-refractivity contribution in [2.45, 2.75) is 0 Å². The fourth-order valence-corrected chi connectivity index (χ4v) is 5.30. The molecule has 5 heteroatoms. The summed E-state index contributed by atoms with van der Waals surface area (Å²) in [7, 11) is 0. The van der Waals surface area contributed by atoms with Crippen molar-refractivity contribution in [1.82, 2.24) is 15.0 Å². The Morgan fingerprint density at radius 1 is 0.600 bits per heavy atom. The Bertz CT molecular complexity index is 2670. The summed E-state index contributed by atoms with van der Waals surface area (Å²) in [6, 6.07) is 19.0. The second-order valence-electron chi connectivity index (χ2n) is 9.16. The molecule has 8 aromatic rings. The molecule has 0 bridgehead atoms. The van der Waals surface area contributed by atoms with Gasteiger partial charge in [-0.15, -0.1) is 0 Å². The zero-order valence-electron chi connectivity index (χ0n) is 28.6. The van der Waals surface area contributed by atoms with Gasteiger partial charge in [-0.05, 0) is 45.8 Å². The molecule has 0 radical (unpaired) electrons. The van der Waals surface area contributed by atoms with Crippen molar-refractivity contribution < 1.29 is 15.4 Å². The van der Waals surface area contributed by atoms with E-state index in [0.717, 1.165) is 21.5 Å². The van der Waals surface area contributed by atoms with Crippen LogP contribution < -0.4 is 0 Å². The SMILES string of the molecule is [2H]c1cc([2H])c2oc3c(Cl)cc([2H])c(-c4nc(-c5c([2H])c([2H])c([2H])c([2H])c5[2H])nc(-c5cc6ccccc6c6ccccc56)n4)c3c2c1. The van der Waals surface area contributed by atoms with Crippen molar-refractivity contribution in [3.63, 3.8) is 0 Å². The maximum atomic E-state index is 9.04. The first-order valence-electron chi connectivity index (χ1n) is 16.4. The number of aromatic nitrogens is 3. The number of nitrogens with zero attached hydrogens (tertiary/aromatic N) is 3. The molecule has 8 rings (SSSR count). The first kappa shape index (κ1) is 16.1. The monoisotopic (exact) mass is 541 g/mol. The smallest absolute Gasteiger partial charge is 0.164 e. The van der Waals surface area contributed by atoms with Gasteiger partial charge in [-0.25, -0.2) is 15.0 Å². The van der Waals surface area contributed by atoms with Gasteiger partial charge in [-0.2, -0.15) is 0 Å². The van der Waals surface area contributed by atoms with E-state index in [1.807, 2.05) is 54.6 Å². The van der Waals surface area contributed by atoms with Crippen molar-refractivity contribution in [2.75, 3.05) is 0 Å². The fourth-order valence-electron chi connectivity index (χ4n) is 5.11. The molecule has 0 aliphatic rings. The minimum absolute atomic E-state index is 0.0407. The highest BCUT2D eigenvalue weighted by Crippen LogP contribution is 2.40. The molecule has 0 saturated carbocycles. The average Bonchev–Trinajstić information content (AvgIpc) is 3.46. The zero-order valence-corrected chi connectivity index (χ0v) is 21.3. The van der Waals surface area contributed by atoms with Crippen LogP contribution in [-0.4, -0.2) is 15.0 Å². The summed E-state index contributed by atoms with van der Waals surface area (Å²) in [6.45, 7) is 0. The molecule has 0 aliphatic heterocycles. The van der Waals surface area contributed by atoms with Crippen LogP contribution in [0.5, 0.6) is 0 Å². The number of furan rings is 1. The van der Waals surface area contributed by atoms with E-state index in [9.17, 15) is 0 Å². The predicted molar refractivity (Wildman–Crippen MR) is 163 cm³/mol. The number of halogens is 1. The lowest BCUT2D eigenvalue weighted by molar-refractivity contribution is 0.669. The molecule has 0 unspecified atom stereocenters. The largest absolute Gasteiger partial charge is 0.454 e. The van der Waals surface area contributed by atoms with E-state index in [4.69, 9.17) is 37.0 Å². The van der Waals surface area contributed by atoms with Crippen molar-refractivity contribution in [1.29, 1.82) is 0 Å². The van der Waals surface area contributed by atoms with E-state index in [2.05, 4.69) is 4.98 Å². The number of hydrogen-bond donors (Lipinski definition) is 0. The van der Waals surface area contributed by atoms with Gasteiger partial charge in [-0.1, -0.05) is 109 Å². The lowest BCUT2D eigenvalue weighted by Crippen LogP contribution is -2.01. The van der Waals surface area contributed by atoms with E-state index in [1.165, 1.54) is 18.2 Å². The van der Waals surface area contributed by atoms with E-state index in [0.29, 0.717) is 16.3 Å².